The third-order valence-corrected chi connectivity index (χ3v) is 6.90. The van der Waals surface area contributed by atoms with E-state index < -0.39 is 17.8 Å². The van der Waals surface area contributed by atoms with E-state index in [0.29, 0.717) is 40.3 Å². The molecule has 5 heterocycles. The van der Waals surface area contributed by atoms with E-state index in [4.69, 9.17) is 0 Å². The van der Waals surface area contributed by atoms with Crippen molar-refractivity contribution in [1.29, 1.82) is 0 Å². The number of imide groups is 1. The van der Waals surface area contributed by atoms with Gasteiger partial charge < -0.3 is 10.2 Å². The molecule has 0 bridgehead atoms. The summed E-state index contributed by atoms with van der Waals surface area (Å²) in [7, 11) is 0. The highest BCUT2D eigenvalue weighted by atomic mass is 32.2. The maximum atomic E-state index is 13.5. The molecule has 9 nitrogen and oxygen atoms in total. The van der Waals surface area contributed by atoms with E-state index in [0.717, 1.165) is 62.1 Å². The highest BCUT2D eigenvalue weighted by Crippen LogP contribution is 2.26. The molecule has 2 fully saturated rings. The Morgan fingerprint density at radius 2 is 1.86 bits per heavy atom. The van der Waals surface area contributed by atoms with Gasteiger partial charge in [-0.2, -0.15) is 13.8 Å². The molecule has 2 amide bonds. The molecule has 0 atom stereocenters. The monoisotopic (exact) mass is 523 g/mol. The Bertz CT molecular complexity index is 1340. The molecule has 0 radical (unpaired) electrons. The molecule has 37 heavy (non-hydrogen) atoms. The minimum atomic E-state index is -0.877. The molecule has 0 saturated carbocycles. The molecule has 3 aromatic heterocycles. The number of piperidine rings is 1. The van der Waals surface area contributed by atoms with Crippen LogP contribution in [-0.2, 0) is 11.3 Å². The fourth-order valence-corrected chi connectivity index (χ4v) is 4.91. The molecular weight excluding hydrogens is 500 g/mol. The van der Waals surface area contributed by atoms with Crippen molar-refractivity contribution >= 4 is 34.9 Å². The smallest absolute Gasteiger partial charge is 0.290 e. The number of carbonyl (C=O) groups is 2. The molecule has 2 saturated heterocycles. The lowest BCUT2D eigenvalue weighted by molar-refractivity contribution is -0.115. The third-order valence-electron chi connectivity index (χ3n) is 6.09. The zero-order valence-electron chi connectivity index (χ0n) is 19.7. The standard InChI is InChI=1S/C25H23F2N7O2S/c26-21-10-16(11-22(27)32-21)19-3-1-2-18(30-19)14-28-13-15-5-8-34(9-6-15)24-29-7-4-17(31-24)12-20-23(35)33-25(36)37-20/h1-4,7,10-12,15,28H,5-6,8-9,13-14H2,(H,33,35,36). The van der Waals surface area contributed by atoms with Crippen LogP contribution in [0.25, 0.3) is 17.3 Å². The first-order valence-electron chi connectivity index (χ1n) is 11.8. The summed E-state index contributed by atoms with van der Waals surface area (Å²) < 4.78 is 26.9. The van der Waals surface area contributed by atoms with Crippen LogP contribution in [0.5, 0.6) is 0 Å². The van der Waals surface area contributed by atoms with Gasteiger partial charge in [-0.15, -0.1) is 0 Å². The lowest BCUT2D eigenvalue weighted by Gasteiger charge is -2.32. The number of rotatable bonds is 7. The topological polar surface area (TPSA) is 113 Å². The van der Waals surface area contributed by atoms with Crippen molar-refractivity contribution < 1.29 is 18.4 Å². The minimum absolute atomic E-state index is 0.319. The molecule has 2 aliphatic heterocycles. The number of thioether (sulfide) groups is 1. The number of amides is 2. The van der Waals surface area contributed by atoms with Crippen molar-refractivity contribution in [3.05, 3.63) is 70.8 Å². The first-order chi connectivity index (χ1) is 17.9. The zero-order chi connectivity index (χ0) is 25.8. The molecule has 190 valence electrons. The van der Waals surface area contributed by atoms with Crippen molar-refractivity contribution in [2.75, 3.05) is 24.5 Å². The van der Waals surface area contributed by atoms with Crippen molar-refractivity contribution in [3.63, 3.8) is 0 Å². The molecule has 0 aliphatic carbocycles. The molecule has 2 aliphatic rings. The summed E-state index contributed by atoms with van der Waals surface area (Å²) in [6, 6.07) is 9.43. The number of pyridine rings is 2. The number of carbonyl (C=O) groups excluding carboxylic acids is 2. The summed E-state index contributed by atoms with van der Waals surface area (Å²) >= 11 is 0.860. The number of nitrogens with zero attached hydrogens (tertiary/aromatic N) is 5. The first-order valence-corrected chi connectivity index (χ1v) is 12.6. The number of halogens is 2. The summed E-state index contributed by atoms with van der Waals surface area (Å²) in [5, 5.41) is 5.29. The number of hydrogen-bond acceptors (Lipinski definition) is 9. The number of nitrogens with one attached hydrogen (secondary N) is 2. The Kier molecular flexibility index (Phi) is 7.47. The van der Waals surface area contributed by atoms with E-state index in [-0.39, 0.29) is 5.24 Å². The van der Waals surface area contributed by atoms with E-state index in [1.165, 1.54) is 0 Å². The Hall–Kier alpha value is -3.77. The van der Waals surface area contributed by atoms with Gasteiger partial charge in [-0.05, 0) is 61.3 Å². The summed E-state index contributed by atoms with van der Waals surface area (Å²) in [6.07, 6.45) is 5.16. The largest absolute Gasteiger partial charge is 0.341 e. The second-order valence-corrected chi connectivity index (χ2v) is 9.73. The van der Waals surface area contributed by atoms with Crippen LogP contribution in [0.2, 0.25) is 0 Å². The van der Waals surface area contributed by atoms with Gasteiger partial charge in [0.2, 0.25) is 17.8 Å². The average molecular weight is 524 g/mol. The quantitative estimate of drug-likeness (QED) is 0.355. The maximum Gasteiger partial charge on any atom is 0.290 e. The average Bonchev–Trinajstić information content (AvgIpc) is 3.20. The predicted octanol–water partition coefficient (Wildman–Crippen LogP) is 3.54. The first kappa shape index (κ1) is 24.9. The van der Waals surface area contributed by atoms with Gasteiger partial charge in [0.15, 0.2) is 0 Å². The second-order valence-electron chi connectivity index (χ2n) is 8.71. The molecule has 0 aromatic carbocycles. The predicted molar refractivity (Wildman–Crippen MR) is 135 cm³/mol. The Morgan fingerprint density at radius 1 is 1.08 bits per heavy atom. The van der Waals surface area contributed by atoms with Crippen LogP contribution < -0.4 is 15.5 Å². The van der Waals surface area contributed by atoms with Crippen LogP contribution in [0.15, 0.2) is 47.5 Å². The van der Waals surface area contributed by atoms with Crippen LogP contribution >= 0.6 is 11.8 Å². The van der Waals surface area contributed by atoms with Crippen LogP contribution in [0, 0.1) is 17.8 Å². The minimum Gasteiger partial charge on any atom is -0.341 e. The highest BCUT2D eigenvalue weighted by Gasteiger charge is 2.25. The summed E-state index contributed by atoms with van der Waals surface area (Å²) in [5.74, 6) is -1.10. The van der Waals surface area contributed by atoms with Crippen molar-refractivity contribution in [2.24, 2.45) is 5.92 Å². The molecular formula is C25H23F2N7O2S. The Morgan fingerprint density at radius 3 is 2.59 bits per heavy atom. The van der Waals surface area contributed by atoms with Gasteiger partial charge in [0.05, 0.1) is 22.0 Å². The van der Waals surface area contributed by atoms with Gasteiger partial charge in [-0.25, -0.2) is 9.97 Å². The second kappa shape index (κ2) is 11.1. The molecule has 3 aromatic rings. The molecule has 5 rings (SSSR count). The Labute approximate surface area is 215 Å². The number of hydrogen-bond donors (Lipinski definition) is 2. The van der Waals surface area contributed by atoms with Gasteiger partial charge in [0.1, 0.15) is 0 Å². The van der Waals surface area contributed by atoms with Gasteiger partial charge in [0.25, 0.3) is 11.1 Å². The highest BCUT2D eigenvalue weighted by molar-refractivity contribution is 8.18. The van der Waals surface area contributed by atoms with Gasteiger partial charge in [-0.1, -0.05) is 6.07 Å². The lowest BCUT2D eigenvalue weighted by atomic mass is 9.97. The fraction of sp³-hybridized carbons (Fsp3) is 0.280. The van der Waals surface area contributed by atoms with Crippen molar-refractivity contribution in [3.8, 4) is 11.3 Å². The van der Waals surface area contributed by atoms with E-state index in [1.54, 1.807) is 24.4 Å². The lowest BCUT2D eigenvalue weighted by Crippen LogP contribution is -2.38. The molecule has 2 N–H and O–H groups in total. The molecule has 0 unspecified atom stereocenters. The van der Waals surface area contributed by atoms with E-state index >= 15 is 0 Å². The van der Waals surface area contributed by atoms with Crippen LogP contribution in [0.3, 0.4) is 0 Å². The SMILES string of the molecule is O=C1NC(=O)C(=Cc2ccnc(N3CCC(CNCc4cccc(-c5cc(F)nc(F)c5)n4)CC3)n2)S1. The Balaban J connectivity index is 1.12. The summed E-state index contributed by atoms with van der Waals surface area (Å²) in [5.41, 5.74) is 2.20. The van der Waals surface area contributed by atoms with Crippen molar-refractivity contribution in [2.45, 2.75) is 19.4 Å². The van der Waals surface area contributed by atoms with Gasteiger partial charge >= 0.3 is 0 Å². The normalized spacial score (nSPS) is 17.5. The van der Waals surface area contributed by atoms with E-state index in [1.807, 2.05) is 12.1 Å². The van der Waals surface area contributed by atoms with Crippen LogP contribution in [-0.4, -0.2) is 50.7 Å². The molecule has 12 heteroatoms. The summed E-state index contributed by atoms with van der Waals surface area (Å²) in [4.78, 5) is 42.1. The zero-order valence-corrected chi connectivity index (χ0v) is 20.5. The molecule has 0 spiro atoms. The number of aromatic nitrogens is 4. The van der Waals surface area contributed by atoms with Gasteiger partial charge in [-0.3, -0.25) is 19.9 Å². The fourth-order valence-electron chi connectivity index (χ4n) is 4.24. The van der Waals surface area contributed by atoms with E-state index in [9.17, 15) is 18.4 Å². The number of anilines is 1. The third kappa shape index (κ3) is 6.33. The summed E-state index contributed by atoms with van der Waals surface area (Å²) in [6.45, 7) is 2.95. The van der Waals surface area contributed by atoms with Crippen LogP contribution in [0.4, 0.5) is 19.5 Å². The van der Waals surface area contributed by atoms with E-state index in [2.05, 4.69) is 35.5 Å². The van der Waals surface area contributed by atoms with Crippen molar-refractivity contribution in [1.82, 2.24) is 30.6 Å². The maximum absolute atomic E-state index is 13.5. The van der Waals surface area contributed by atoms with Gasteiger partial charge in [0, 0.05) is 43.5 Å². The van der Waals surface area contributed by atoms with Crippen LogP contribution in [0.1, 0.15) is 24.2 Å².